The average Bonchev–Trinajstić information content (AvgIpc) is 2.38. The Hall–Kier alpha value is 0.941. The van der Waals surface area contributed by atoms with Gasteiger partial charge in [0, 0.05) is 0 Å². The second-order valence-corrected chi connectivity index (χ2v) is 12.7. The molecule has 0 aromatic rings. The Kier molecular flexibility index (Phi) is 12.0. The Morgan fingerprint density at radius 1 is 1.29 bits per heavy atom. The van der Waals surface area contributed by atoms with Gasteiger partial charge in [0.25, 0.3) is 0 Å². The van der Waals surface area contributed by atoms with Crippen molar-refractivity contribution in [3.63, 3.8) is 0 Å². The van der Waals surface area contributed by atoms with Crippen molar-refractivity contribution >= 4 is 7.82 Å². The van der Waals surface area contributed by atoms with E-state index in [0.717, 1.165) is 5.92 Å². The maximum atomic E-state index is 8.55. The zero-order valence-electron chi connectivity index (χ0n) is 13.2. The summed E-state index contributed by atoms with van der Waals surface area (Å²) in [5.74, 6) is 1.04. The molecule has 0 saturated carbocycles. The van der Waals surface area contributed by atoms with E-state index in [9.17, 15) is 0 Å². The fourth-order valence-corrected chi connectivity index (χ4v) is 7.71. The van der Waals surface area contributed by atoms with E-state index in [1.54, 1.807) is 2.07 Å². The van der Waals surface area contributed by atoms with Gasteiger partial charge in [0.2, 0.25) is 0 Å². The van der Waals surface area contributed by atoms with E-state index in [1.807, 2.05) is 0 Å². The largest absolute Gasteiger partial charge is 0.822 e. The van der Waals surface area contributed by atoms with E-state index in [2.05, 4.69) is 45.1 Å². The van der Waals surface area contributed by atoms with Crippen molar-refractivity contribution < 1.29 is 56.0 Å². The first-order valence-electron chi connectivity index (χ1n) is 7.52. The molecule has 6 heteroatoms. The minimum absolute atomic E-state index is 0.480. The Morgan fingerprint density at radius 3 is 2.33 bits per heavy atom. The minimum atomic E-state index is -5.39. The summed E-state index contributed by atoms with van der Waals surface area (Å²) < 4.78 is 10.8. The van der Waals surface area contributed by atoms with Crippen molar-refractivity contribution in [3.8, 4) is 0 Å². The molecule has 0 spiro atoms. The maximum Gasteiger partial charge on any atom is -0.159 e. The van der Waals surface area contributed by atoms with Gasteiger partial charge in [0.05, 0.1) is 0 Å². The number of allylic oxidation sites excluding steroid dienone is 4. The molecule has 2 atom stereocenters. The van der Waals surface area contributed by atoms with Gasteiger partial charge in [-0.1, -0.05) is 0 Å². The normalized spacial score (nSPS) is 22.2. The van der Waals surface area contributed by atoms with Crippen LogP contribution in [0.2, 0.25) is 3.14 Å². The summed E-state index contributed by atoms with van der Waals surface area (Å²) >= 11 is -0.480. The van der Waals surface area contributed by atoms with Crippen molar-refractivity contribution in [2.24, 2.45) is 5.92 Å². The third-order valence-corrected chi connectivity index (χ3v) is 9.88. The van der Waals surface area contributed by atoms with E-state index < -0.39 is 44.5 Å². The van der Waals surface area contributed by atoms with Gasteiger partial charge in [-0.15, -0.1) is 0 Å². The van der Waals surface area contributed by atoms with Crippen LogP contribution in [0.4, 0.5) is 0 Å². The molecule has 0 radical (unpaired) electrons. The number of phosphoric acid groups is 1. The molecule has 4 nitrogen and oxygen atoms in total. The first-order chi connectivity index (χ1) is 9.70. The summed E-state index contributed by atoms with van der Waals surface area (Å²) in [6.45, 7) is 7.18. The van der Waals surface area contributed by atoms with Crippen LogP contribution in [0.3, 0.4) is 0 Å². The van der Waals surface area contributed by atoms with E-state index in [4.69, 9.17) is 19.2 Å². The van der Waals surface area contributed by atoms with Crippen LogP contribution in [-0.2, 0) is 4.57 Å². The Labute approximate surface area is 149 Å². The van der Waals surface area contributed by atoms with Crippen LogP contribution in [0, 0.1) is 42.6 Å². The molecule has 0 aromatic carbocycles. The Bertz CT molecular complexity index is 370. The molecule has 2 unspecified atom stereocenters. The average molecular weight is 446 g/mol. The van der Waals surface area contributed by atoms with Crippen molar-refractivity contribution in [2.75, 3.05) is 0 Å². The van der Waals surface area contributed by atoms with Crippen LogP contribution in [0.15, 0.2) is 24.3 Å². The third kappa shape index (κ3) is 14.3. The van der Waals surface area contributed by atoms with Crippen LogP contribution >= 0.6 is 7.82 Å². The standard InChI is InChI=1S/C8H17.C7H9.Nd.H3O4P/c1-4-6-7-8(3)5-2;1-7-5-3-2-4-6-7;;1-5(2,3)4/h8H,3-7H2,1-2H3;2-5H,6H2,1H3;;(H3,1,2,3,4)/q;;+3;/p-3. The first-order valence-corrected chi connectivity index (χ1v) is 12.9. The maximum absolute atomic E-state index is 8.55. The third-order valence-electron chi connectivity index (χ3n) is 3.59. The molecule has 1 aliphatic rings. The molecule has 0 fully saturated rings. The molecule has 1 aliphatic carbocycles. The number of hydrogen-bond donors (Lipinski definition) is 0. The Balaban J connectivity index is 0.000000690. The molecule has 0 bridgehead atoms. The topological polar surface area (TPSA) is 86.2 Å². The van der Waals surface area contributed by atoms with Crippen LogP contribution in [-0.4, -0.2) is 0 Å². The molecule has 0 aliphatic heterocycles. The van der Waals surface area contributed by atoms with Crippen LogP contribution < -0.4 is 14.7 Å². The number of hydrogen-bond acceptors (Lipinski definition) is 4. The van der Waals surface area contributed by atoms with Gasteiger partial charge in [-0.25, -0.2) is 0 Å². The van der Waals surface area contributed by atoms with Gasteiger partial charge in [0.15, 0.2) is 0 Å². The van der Waals surface area contributed by atoms with E-state index in [-0.39, 0.29) is 0 Å². The van der Waals surface area contributed by atoms with Crippen LogP contribution in [0.1, 0.15) is 52.9 Å². The van der Waals surface area contributed by atoms with E-state index in [1.165, 1.54) is 32.1 Å². The second kappa shape index (κ2) is 11.5. The number of unbranched alkanes of at least 4 members (excludes halogenated alkanes) is 1. The fraction of sp³-hybridized carbons (Fsp3) is 0.733. The number of rotatable bonds is 7. The summed E-state index contributed by atoms with van der Waals surface area (Å²) in [5, 5.41) is 0. The zero-order valence-corrected chi connectivity index (χ0v) is 17.3. The summed E-state index contributed by atoms with van der Waals surface area (Å²) in [7, 11) is -5.39. The summed E-state index contributed by atoms with van der Waals surface area (Å²) in [6, 6.07) is 0. The molecular weight excluding hydrogens is 419 g/mol. The SMILES string of the molecule is CCCCC(CC)[CH2][Nd+3][C]1(C)C=CC=CC1.O=P([O-])([O-])[O-]. The molecule has 21 heavy (non-hydrogen) atoms. The zero-order chi connectivity index (χ0) is 16.4. The van der Waals surface area contributed by atoms with Gasteiger partial charge in [-0.2, -0.15) is 7.82 Å². The molecule has 119 valence electrons. The predicted octanol–water partition coefficient (Wildman–Crippen LogP) is 2.58. The van der Waals surface area contributed by atoms with Gasteiger partial charge in [-0.3, -0.25) is 0 Å². The van der Waals surface area contributed by atoms with Crippen molar-refractivity contribution in [1.82, 2.24) is 0 Å². The van der Waals surface area contributed by atoms with Crippen molar-refractivity contribution in [1.29, 1.82) is 0 Å². The molecule has 0 amide bonds. The predicted molar refractivity (Wildman–Crippen MR) is 77.0 cm³/mol. The summed E-state index contributed by atoms with van der Waals surface area (Å²) in [4.78, 5) is 25.6. The van der Waals surface area contributed by atoms with E-state index >= 15 is 0 Å². The quantitative estimate of drug-likeness (QED) is 0.564. The van der Waals surface area contributed by atoms with Gasteiger partial charge < -0.3 is 19.2 Å². The van der Waals surface area contributed by atoms with Gasteiger partial charge in [0.1, 0.15) is 0 Å². The molecule has 0 aromatic heterocycles. The minimum Gasteiger partial charge on any atom is -0.822 e. The van der Waals surface area contributed by atoms with Crippen molar-refractivity contribution in [3.05, 3.63) is 24.3 Å². The monoisotopic (exact) mass is 443 g/mol. The van der Waals surface area contributed by atoms with Crippen molar-refractivity contribution in [2.45, 2.75) is 56.0 Å². The summed E-state index contributed by atoms with van der Waals surface area (Å²) in [5.41, 5.74) is 0. The van der Waals surface area contributed by atoms with E-state index in [0.29, 0.717) is 1.06 Å². The molecule has 0 N–H and O–H groups in total. The molecular formula is C15H26NdO4P. The molecule has 0 heterocycles. The fourth-order valence-electron chi connectivity index (χ4n) is 2.18. The van der Waals surface area contributed by atoms with Crippen LogP contribution in [0.5, 0.6) is 0 Å². The smallest absolute Gasteiger partial charge is 0.159 e. The molecule has 0 saturated heterocycles. The summed E-state index contributed by atoms with van der Waals surface area (Å²) in [6.07, 6.45) is 16.3. The van der Waals surface area contributed by atoms with Gasteiger partial charge >= 0.3 is 123 Å². The first kappa shape index (κ1) is 21.9. The van der Waals surface area contributed by atoms with Gasteiger partial charge in [-0.05, 0) is 0 Å². The Morgan fingerprint density at radius 2 is 1.90 bits per heavy atom. The van der Waals surface area contributed by atoms with Crippen LogP contribution in [0.25, 0.3) is 0 Å². The molecule has 1 rings (SSSR count). The second-order valence-electron chi connectivity index (χ2n) is 5.65.